The lowest BCUT2D eigenvalue weighted by atomic mass is 10.2. The van der Waals surface area contributed by atoms with Crippen molar-refractivity contribution in [2.24, 2.45) is 12.8 Å². The van der Waals surface area contributed by atoms with Crippen molar-refractivity contribution in [1.82, 2.24) is 24.6 Å². The number of nitrogens with zero attached hydrogens (tertiary/aromatic N) is 5. The van der Waals surface area contributed by atoms with E-state index < -0.39 is 0 Å². The molecule has 0 bridgehead atoms. The van der Waals surface area contributed by atoms with Gasteiger partial charge in [-0.3, -0.25) is 14.5 Å². The van der Waals surface area contributed by atoms with E-state index in [4.69, 9.17) is 5.73 Å². The van der Waals surface area contributed by atoms with Crippen molar-refractivity contribution in [2.75, 3.05) is 19.6 Å². The van der Waals surface area contributed by atoms with E-state index in [1.165, 1.54) is 12.8 Å². The van der Waals surface area contributed by atoms with Crippen molar-refractivity contribution in [3.05, 3.63) is 11.6 Å². The third-order valence-corrected chi connectivity index (χ3v) is 4.73. The van der Waals surface area contributed by atoms with Crippen LogP contribution in [0.15, 0.2) is 0 Å². The SMILES string of the molecule is CC(=O)N(Cc1nnc(C2CC2)n1C)[C@H]1CCN(CC(N)=O)C1. The van der Waals surface area contributed by atoms with Gasteiger partial charge in [0, 0.05) is 39.0 Å². The first-order chi connectivity index (χ1) is 11.0. The summed E-state index contributed by atoms with van der Waals surface area (Å²) in [6.45, 7) is 3.74. The van der Waals surface area contributed by atoms with Gasteiger partial charge in [0.1, 0.15) is 5.82 Å². The van der Waals surface area contributed by atoms with Crippen molar-refractivity contribution in [1.29, 1.82) is 0 Å². The molecule has 1 aromatic heterocycles. The summed E-state index contributed by atoms with van der Waals surface area (Å²) in [6, 6.07) is 0.0907. The van der Waals surface area contributed by atoms with Gasteiger partial charge in [0.2, 0.25) is 11.8 Å². The van der Waals surface area contributed by atoms with Crippen LogP contribution in [0.4, 0.5) is 0 Å². The number of amides is 2. The molecule has 1 saturated heterocycles. The second-order valence-corrected chi connectivity index (χ2v) is 6.60. The maximum absolute atomic E-state index is 12.1. The lowest BCUT2D eigenvalue weighted by Gasteiger charge is -2.27. The fraction of sp³-hybridized carbons (Fsp3) is 0.733. The van der Waals surface area contributed by atoms with Crippen molar-refractivity contribution < 1.29 is 9.59 Å². The molecule has 8 nitrogen and oxygen atoms in total. The van der Waals surface area contributed by atoms with E-state index in [1.54, 1.807) is 6.92 Å². The zero-order valence-electron chi connectivity index (χ0n) is 13.7. The van der Waals surface area contributed by atoms with Crippen LogP contribution < -0.4 is 5.73 Å². The first kappa shape index (κ1) is 15.9. The summed E-state index contributed by atoms with van der Waals surface area (Å²) >= 11 is 0. The molecule has 3 rings (SSSR count). The Bertz CT molecular complexity index is 609. The Hall–Kier alpha value is -1.96. The largest absolute Gasteiger partial charge is 0.369 e. The van der Waals surface area contributed by atoms with E-state index in [0.29, 0.717) is 19.0 Å². The van der Waals surface area contributed by atoms with Gasteiger partial charge >= 0.3 is 0 Å². The maximum Gasteiger partial charge on any atom is 0.231 e. The van der Waals surface area contributed by atoms with Crippen LogP contribution in [0.2, 0.25) is 0 Å². The molecule has 23 heavy (non-hydrogen) atoms. The first-order valence-electron chi connectivity index (χ1n) is 8.11. The number of carbonyl (C=O) groups excluding carboxylic acids is 2. The van der Waals surface area contributed by atoms with E-state index in [2.05, 4.69) is 10.2 Å². The monoisotopic (exact) mass is 320 g/mol. The molecule has 1 aromatic rings. The minimum Gasteiger partial charge on any atom is -0.369 e. The van der Waals surface area contributed by atoms with Crippen LogP contribution in [0.5, 0.6) is 0 Å². The number of hydrogen-bond acceptors (Lipinski definition) is 5. The van der Waals surface area contributed by atoms with Gasteiger partial charge in [-0.05, 0) is 19.3 Å². The average molecular weight is 320 g/mol. The Morgan fingerprint density at radius 1 is 1.30 bits per heavy atom. The van der Waals surface area contributed by atoms with Gasteiger partial charge in [-0.1, -0.05) is 0 Å². The average Bonchev–Trinajstić information content (AvgIpc) is 3.11. The van der Waals surface area contributed by atoms with Gasteiger partial charge in [-0.2, -0.15) is 0 Å². The highest BCUT2D eigenvalue weighted by molar-refractivity contribution is 5.76. The third kappa shape index (κ3) is 3.52. The van der Waals surface area contributed by atoms with Crippen LogP contribution in [-0.2, 0) is 23.2 Å². The lowest BCUT2D eigenvalue weighted by Crippen LogP contribution is -2.42. The van der Waals surface area contributed by atoms with Crippen LogP contribution in [0.3, 0.4) is 0 Å². The minimum absolute atomic E-state index is 0.0203. The Labute approximate surface area is 135 Å². The number of rotatable bonds is 6. The Kier molecular flexibility index (Phi) is 4.34. The van der Waals surface area contributed by atoms with Crippen LogP contribution in [0, 0.1) is 0 Å². The number of hydrogen-bond donors (Lipinski definition) is 1. The van der Waals surface area contributed by atoms with E-state index in [0.717, 1.165) is 24.6 Å². The Morgan fingerprint density at radius 2 is 2.04 bits per heavy atom. The quantitative estimate of drug-likeness (QED) is 0.769. The lowest BCUT2D eigenvalue weighted by molar-refractivity contribution is -0.131. The summed E-state index contributed by atoms with van der Waals surface area (Å²) < 4.78 is 2.02. The second kappa shape index (κ2) is 6.27. The van der Waals surface area contributed by atoms with Crippen LogP contribution in [-0.4, -0.2) is 62.1 Å². The fourth-order valence-corrected chi connectivity index (χ4v) is 3.29. The molecule has 1 atom stereocenters. The van der Waals surface area contributed by atoms with Crippen molar-refractivity contribution in [3.8, 4) is 0 Å². The zero-order chi connectivity index (χ0) is 16.6. The van der Waals surface area contributed by atoms with Gasteiger partial charge in [-0.25, -0.2) is 0 Å². The first-order valence-corrected chi connectivity index (χ1v) is 8.11. The Balaban J connectivity index is 1.68. The van der Waals surface area contributed by atoms with E-state index in [1.807, 2.05) is 21.4 Å². The highest BCUT2D eigenvalue weighted by Gasteiger charge is 2.32. The highest BCUT2D eigenvalue weighted by Crippen LogP contribution is 2.38. The van der Waals surface area contributed by atoms with Gasteiger partial charge in [0.15, 0.2) is 5.82 Å². The molecule has 8 heteroatoms. The topological polar surface area (TPSA) is 97.3 Å². The number of primary amides is 1. The summed E-state index contributed by atoms with van der Waals surface area (Å²) in [4.78, 5) is 27.0. The van der Waals surface area contributed by atoms with Gasteiger partial charge < -0.3 is 15.2 Å². The Morgan fingerprint density at radius 3 is 2.65 bits per heavy atom. The van der Waals surface area contributed by atoms with Gasteiger partial charge in [0.05, 0.1) is 13.1 Å². The molecule has 1 aliphatic heterocycles. The minimum atomic E-state index is -0.331. The third-order valence-electron chi connectivity index (χ3n) is 4.73. The van der Waals surface area contributed by atoms with Crippen molar-refractivity contribution in [3.63, 3.8) is 0 Å². The maximum atomic E-state index is 12.1. The van der Waals surface area contributed by atoms with Gasteiger partial charge in [0.25, 0.3) is 0 Å². The fourth-order valence-electron chi connectivity index (χ4n) is 3.29. The normalized spacial score (nSPS) is 21.6. The van der Waals surface area contributed by atoms with Crippen LogP contribution in [0.25, 0.3) is 0 Å². The van der Waals surface area contributed by atoms with Gasteiger partial charge in [-0.15, -0.1) is 10.2 Å². The summed E-state index contributed by atoms with van der Waals surface area (Å²) in [6.07, 6.45) is 3.19. The molecule has 1 aliphatic carbocycles. The summed E-state index contributed by atoms with van der Waals surface area (Å²) in [5, 5.41) is 8.54. The highest BCUT2D eigenvalue weighted by atomic mass is 16.2. The van der Waals surface area contributed by atoms with Crippen LogP contribution >= 0.6 is 0 Å². The predicted molar refractivity (Wildman–Crippen MR) is 83.2 cm³/mol. The molecule has 2 fully saturated rings. The van der Waals surface area contributed by atoms with E-state index in [9.17, 15) is 9.59 Å². The predicted octanol–water partition coefficient (Wildman–Crippen LogP) is -0.399. The molecule has 0 radical (unpaired) electrons. The summed E-state index contributed by atoms with van der Waals surface area (Å²) in [7, 11) is 1.97. The molecule has 0 aromatic carbocycles. The molecule has 1 saturated carbocycles. The molecule has 2 aliphatic rings. The molecular formula is C15H24N6O2. The van der Waals surface area contributed by atoms with Crippen molar-refractivity contribution >= 4 is 11.8 Å². The number of likely N-dealkylation sites (tertiary alicyclic amines) is 1. The number of carbonyl (C=O) groups is 2. The molecule has 0 spiro atoms. The van der Waals surface area contributed by atoms with Crippen molar-refractivity contribution in [2.45, 2.75) is 44.7 Å². The molecule has 126 valence electrons. The molecule has 2 heterocycles. The second-order valence-electron chi connectivity index (χ2n) is 6.60. The smallest absolute Gasteiger partial charge is 0.231 e. The summed E-state index contributed by atoms with van der Waals surface area (Å²) in [5.74, 6) is 2.06. The standard InChI is InChI=1S/C15H24N6O2/c1-10(22)21(12-5-6-20(7-12)8-13(16)23)9-14-17-18-15(19(14)2)11-3-4-11/h11-12H,3-9H2,1-2H3,(H2,16,23)/t12-/m0/s1. The number of nitrogens with two attached hydrogens (primary N) is 1. The number of aromatic nitrogens is 3. The van der Waals surface area contributed by atoms with E-state index >= 15 is 0 Å². The summed E-state index contributed by atoms with van der Waals surface area (Å²) in [5.41, 5.74) is 5.25. The molecule has 2 amide bonds. The van der Waals surface area contributed by atoms with E-state index in [-0.39, 0.29) is 24.4 Å². The van der Waals surface area contributed by atoms with Crippen LogP contribution in [0.1, 0.15) is 43.8 Å². The molecule has 2 N–H and O–H groups in total. The zero-order valence-corrected chi connectivity index (χ0v) is 13.7. The molecule has 0 unspecified atom stereocenters. The molecular weight excluding hydrogens is 296 g/mol.